The van der Waals surface area contributed by atoms with Gasteiger partial charge in [0, 0.05) is 12.5 Å². The van der Waals surface area contributed by atoms with E-state index in [2.05, 4.69) is 6.58 Å². The molecule has 1 unspecified atom stereocenters. The molecule has 0 saturated carbocycles. The van der Waals surface area contributed by atoms with Crippen molar-refractivity contribution in [2.24, 2.45) is 5.92 Å². The van der Waals surface area contributed by atoms with Crippen LogP contribution in [0.1, 0.15) is 38.8 Å². The fourth-order valence-electron chi connectivity index (χ4n) is 2.96. The lowest BCUT2D eigenvalue weighted by atomic mass is 9.91. The number of ketones is 1. The van der Waals surface area contributed by atoms with Crippen LogP contribution in [-0.2, 0) is 9.59 Å². The number of Topliss-reactive ketones (excluding diaryl/α,β-unsaturated/α-hetero) is 1. The number of carbonyl (C=O) groups excluding carboxylic acids is 2. The van der Waals surface area contributed by atoms with E-state index in [1.54, 1.807) is 37.0 Å². The zero-order chi connectivity index (χ0) is 18.6. The number of hydrogen-bond donors (Lipinski definition) is 1. The van der Waals surface area contributed by atoms with Crippen molar-refractivity contribution in [2.45, 2.75) is 33.2 Å². The van der Waals surface area contributed by atoms with Crippen molar-refractivity contribution in [2.75, 3.05) is 13.2 Å². The maximum absolute atomic E-state index is 12.7. The number of aliphatic hydroxyl groups excluding tert-OH is 1. The molecule has 1 aromatic carbocycles. The Kier molecular flexibility index (Phi) is 6.02. The minimum absolute atomic E-state index is 0.175. The fraction of sp³-hybridized carbons (Fsp3) is 0.400. The van der Waals surface area contributed by atoms with E-state index in [0.717, 1.165) is 12.0 Å². The van der Waals surface area contributed by atoms with Gasteiger partial charge in [-0.2, -0.15) is 0 Å². The monoisotopic (exact) mass is 343 g/mol. The lowest BCUT2D eigenvalue weighted by Crippen LogP contribution is -2.32. The van der Waals surface area contributed by atoms with E-state index >= 15 is 0 Å². The molecule has 0 bridgehead atoms. The third-order valence-corrected chi connectivity index (χ3v) is 4.10. The molecule has 0 fully saturated rings. The summed E-state index contributed by atoms with van der Waals surface area (Å²) in [6.45, 7) is 9.92. The van der Waals surface area contributed by atoms with Gasteiger partial charge in [0.05, 0.1) is 11.6 Å². The van der Waals surface area contributed by atoms with E-state index < -0.39 is 17.7 Å². The molecule has 0 spiro atoms. The molecule has 1 atom stereocenters. The van der Waals surface area contributed by atoms with Gasteiger partial charge in [-0.25, -0.2) is 0 Å². The maximum atomic E-state index is 12.7. The quantitative estimate of drug-likeness (QED) is 0.733. The highest BCUT2D eigenvalue weighted by Gasteiger charge is 2.43. The smallest absolute Gasteiger partial charge is 0.290 e. The summed E-state index contributed by atoms with van der Waals surface area (Å²) in [4.78, 5) is 26.7. The van der Waals surface area contributed by atoms with Crippen LogP contribution in [0.5, 0.6) is 5.75 Å². The van der Waals surface area contributed by atoms with Crippen molar-refractivity contribution >= 4 is 11.7 Å². The minimum atomic E-state index is -0.588. The SMILES string of the molecule is C=CCOc1cccc(C2C(C(=O)C(C)C)=C(O)C(=O)N2CCC)c1. The topological polar surface area (TPSA) is 66.8 Å². The maximum Gasteiger partial charge on any atom is 0.290 e. The van der Waals surface area contributed by atoms with E-state index in [4.69, 9.17) is 4.74 Å². The first-order valence-electron chi connectivity index (χ1n) is 8.54. The first-order chi connectivity index (χ1) is 11.9. The van der Waals surface area contributed by atoms with Gasteiger partial charge in [0.1, 0.15) is 12.4 Å². The number of benzene rings is 1. The van der Waals surface area contributed by atoms with Gasteiger partial charge in [-0.3, -0.25) is 9.59 Å². The zero-order valence-electron chi connectivity index (χ0n) is 15.0. The van der Waals surface area contributed by atoms with Crippen molar-refractivity contribution in [1.82, 2.24) is 4.90 Å². The van der Waals surface area contributed by atoms with E-state index in [-0.39, 0.29) is 17.3 Å². The Labute approximate surface area is 148 Å². The molecule has 1 aliphatic rings. The molecule has 0 saturated heterocycles. The summed E-state index contributed by atoms with van der Waals surface area (Å²) in [5, 5.41) is 10.3. The second-order valence-corrected chi connectivity index (χ2v) is 6.35. The predicted octanol–water partition coefficient (Wildman–Crippen LogP) is 3.58. The van der Waals surface area contributed by atoms with Gasteiger partial charge in [0.15, 0.2) is 11.5 Å². The third kappa shape index (κ3) is 3.76. The van der Waals surface area contributed by atoms with Gasteiger partial charge in [0.2, 0.25) is 0 Å². The van der Waals surface area contributed by atoms with Gasteiger partial charge >= 0.3 is 0 Å². The van der Waals surface area contributed by atoms with Gasteiger partial charge in [-0.15, -0.1) is 0 Å². The van der Waals surface area contributed by atoms with Crippen LogP contribution >= 0.6 is 0 Å². The van der Waals surface area contributed by atoms with Crippen LogP contribution in [0.15, 0.2) is 48.3 Å². The standard InChI is InChI=1S/C20H25NO4/c1-5-10-21-17(14-8-7-9-15(12-14)25-11-6-2)16(18(22)13(3)4)19(23)20(21)24/h6-9,12-13,17,23H,2,5,10-11H2,1,3-4H3. The highest BCUT2D eigenvalue weighted by atomic mass is 16.5. The summed E-state index contributed by atoms with van der Waals surface area (Å²) in [6, 6.07) is 6.68. The van der Waals surface area contributed by atoms with Crippen LogP contribution in [0.25, 0.3) is 0 Å². The molecule has 1 aliphatic heterocycles. The van der Waals surface area contributed by atoms with Gasteiger partial charge in [-0.05, 0) is 24.1 Å². The zero-order valence-corrected chi connectivity index (χ0v) is 15.0. The number of hydrogen-bond acceptors (Lipinski definition) is 4. The summed E-state index contributed by atoms with van der Waals surface area (Å²) >= 11 is 0. The second kappa shape index (κ2) is 8.01. The Balaban J connectivity index is 2.50. The molecule has 1 aromatic rings. The van der Waals surface area contributed by atoms with Crippen LogP contribution in [0.2, 0.25) is 0 Å². The molecule has 5 heteroatoms. The van der Waals surface area contributed by atoms with Gasteiger partial charge < -0.3 is 14.7 Å². The summed E-state index contributed by atoms with van der Waals surface area (Å²) < 4.78 is 5.56. The fourth-order valence-corrected chi connectivity index (χ4v) is 2.96. The van der Waals surface area contributed by atoms with Crippen LogP contribution in [0, 0.1) is 5.92 Å². The van der Waals surface area contributed by atoms with Crippen LogP contribution in [0.3, 0.4) is 0 Å². The number of nitrogens with zero attached hydrogens (tertiary/aromatic N) is 1. The van der Waals surface area contributed by atoms with Crippen molar-refractivity contribution in [3.63, 3.8) is 0 Å². The molecule has 25 heavy (non-hydrogen) atoms. The van der Waals surface area contributed by atoms with E-state index in [9.17, 15) is 14.7 Å². The summed E-state index contributed by atoms with van der Waals surface area (Å²) in [6.07, 6.45) is 2.37. The van der Waals surface area contributed by atoms with Crippen molar-refractivity contribution in [3.05, 3.63) is 53.8 Å². The molecule has 0 aromatic heterocycles. The lowest BCUT2D eigenvalue weighted by molar-refractivity contribution is -0.129. The second-order valence-electron chi connectivity index (χ2n) is 6.35. The minimum Gasteiger partial charge on any atom is -0.503 e. The number of carbonyl (C=O) groups is 2. The van der Waals surface area contributed by atoms with Crippen molar-refractivity contribution in [1.29, 1.82) is 0 Å². The molecule has 1 N–H and O–H groups in total. The van der Waals surface area contributed by atoms with Crippen molar-refractivity contribution < 1.29 is 19.4 Å². The third-order valence-electron chi connectivity index (χ3n) is 4.10. The molecular formula is C20H25NO4. The molecule has 2 rings (SSSR count). The lowest BCUT2D eigenvalue weighted by Gasteiger charge is -2.27. The molecule has 0 aliphatic carbocycles. The predicted molar refractivity (Wildman–Crippen MR) is 96.4 cm³/mol. The molecule has 1 amide bonds. The molecule has 134 valence electrons. The molecular weight excluding hydrogens is 318 g/mol. The summed E-state index contributed by atoms with van der Waals surface area (Å²) in [5.74, 6) is -0.826. The van der Waals surface area contributed by atoms with Crippen molar-refractivity contribution in [3.8, 4) is 5.75 Å². The number of aliphatic hydroxyl groups is 1. The Morgan fingerprint density at radius 3 is 2.76 bits per heavy atom. The van der Waals surface area contributed by atoms with Crippen LogP contribution in [0.4, 0.5) is 0 Å². The number of amides is 1. The van der Waals surface area contributed by atoms with Gasteiger partial charge in [-0.1, -0.05) is 45.6 Å². The van der Waals surface area contributed by atoms with Crippen LogP contribution in [-0.4, -0.2) is 34.8 Å². The summed E-state index contributed by atoms with van der Waals surface area (Å²) in [5.41, 5.74) is 0.922. The Morgan fingerprint density at radius 2 is 2.16 bits per heavy atom. The molecule has 0 radical (unpaired) electrons. The average Bonchev–Trinajstić information content (AvgIpc) is 2.84. The Bertz CT molecular complexity index is 705. The number of rotatable bonds is 8. The molecule has 5 nitrogen and oxygen atoms in total. The molecule has 1 heterocycles. The van der Waals surface area contributed by atoms with Crippen LogP contribution < -0.4 is 4.74 Å². The van der Waals surface area contributed by atoms with Gasteiger partial charge in [0.25, 0.3) is 5.91 Å². The first-order valence-corrected chi connectivity index (χ1v) is 8.54. The van der Waals surface area contributed by atoms with E-state index in [0.29, 0.717) is 18.9 Å². The Hall–Kier alpha value is -2.56. The first kappa shape index (κ1) is 18.8. The normalized spacial score (nSPS) is 17.4. The van der Waals surface area contributed by atoms with E-state index in [1.807, 2.05) is 19.1 Å². The largest absolute Gasteiger partial charge is 0.503 e. The Morgan fingerprint density at radius 1 is 1.44 bits per heavy atom. The van der Waals surface area contributed by atoms with E-state index in [1.165, 1.54) is 0 Å². The highest BCUT2D eigenvalue weighted by Crippen LogP contribution is 2.39. The summed E-state index contributed by atoms with van der Waals surface area (Å²) in [7, 11) is 0. The average molecular weight is 343 g/mol. The number of ether oxygens (including phenoxy) is 1. The highest BCUT2D eigenvalue weighted by molar-refractivity contribution is 6.09.